The van der Waals surface area contributed by atoms with Crippen molar-refractivity contribution in [1.82, 2.24) is 10.2 Å². The number of rotatable bonds is 6. The molecule has 2 amide bonds. The number of hydrogen-bond acceptors (Lipinski definition) is 5. The van der Waals surface area contributed by atoms with Crippen molar-refractivity contribution < 1.29 is 23.5 Å². The lowest BCUT2D eigenvalue weighted by molar-refractivity contribution is -0.138. The van der Waals surface area contributed by atoms with Crippen LogP contribution in [0.4, 0.5) is 0 Å². The quantitative estimate of drug-likeness (QED) is 0.757. The minimum Gasteiger partial charge on any atom is -0.497 e. The second-order valence-electron chi connectivity index (χ2n) is 7.74. The molecule has 7 heteroatoms. The SMILES string of the molecule is COc1ccc(CNC(=O)[C@@H]2[C@H]3C(=O)N(Cc4ccco4)C[C@]34C=C[C@H]2O4)cc1. The third-order valence-electron chi connectivity index (χ3n) is 6.03. The molecular formula is C22H22N2O5. The molecule has 1 aromatic heterocycles. The van der Waals surface area contributed by atoms with Crippen LogP contribution in [0.15, 0.2) is 59.2 Å². The van der Waals surface area contributed by atoms with Crippen LogP contribution in [0.1, 0.15) is 11.3 Å². The van der Waals surface area contributed by atoms with Gasteiger partial charge in [0.15, 0.2) is 0 Å². The molecule has 0 saturated carbocycles. The van der Waals surface area contributed by atoms with E-state index in [-0.39, 0.29) is 17.9 Å². The molecule has 2 aromatic rings. The molecule has 3 aliphatic heterocycles. The number of likely N-dealkylation sites (tertiary alicyclic amines) is 1. The van der Waals surface area contributed by atoms with Crippen molar-refractivity contribution in [3.63, 3.8) is 0 Å². The molecule has 29 heavy (non-hydrogen) atoms. The lowest BCUT2D eigenvalue weighted by Gasteiger charge is -2.23. The van der Waals surface area contributed by atoms with Crippen LogP contribution in [0, 0.1) is 11.8 Å². The number of benzene rings is 1. The summed E-state index contributed by atoms with van der Waals surface area (Å²) in [5.41, 5.74) is 0.252. The number of carbonyl (C=O) groups excluding carboxylic acids is 2. The molecule has 0 radical (unpaired) electrons. The molecule has 4 atom stereocenters. The van der Waals surface area contributed by atoms with Crippen molar-refractivity contribution in [3.8, 4) is 5.75 Å². The Balaban J connectivity index is 1.29. The molecule has 0 aliphatic carbocycles. The van der Waals surface area contributed by atoms with Crippen LogP contribution in [-0.4, -0.2) is 42.1 Å². The molecular weight excluding hydrogens is 372 g/mol. The highest BCUT2D eigenvalue weighted by Gasteiger charge is 2.66. The summed E-state index contributed by atoms with van der Waals surface area (Å²) >= 11 is 0. The lowest BCUT2D eigenvalue weighted by Crippen LogP contribution is -2.43. The van der Waals surface area contributed by atoms with Gasteiger partial charge in [-0.25, -0.2) is 0 Å². The first kappa shape index (κ1) is 18.0. The van der Waals surface area contributed by atoms with Crippen molar-refractivity contribution in [1.29, 1.82) is 0 Å². The van der Waals surface area contributed by atoms with Crippen LogP contribution in [0.2, 0.25) is 0 Å². The van der Waals surface area contributed by atoms with Gasteiger partial charge in [0.05, 0.1) is 44.4 Å². The van der Waals surface area contributed by atoms with E-state index >= 15 is 0 Å². The highest BCUT2D eigenvalue weighted by molar-refractivity contribution is 5.93. The zero-order chi connectivity index (χ0) is 20.0. The van der Waals surface area contributed by atoms with Crippen molar-refractivity contribution in [3.05, 3.63) is 66.1 Å². The number of ether oxygens (including phenoxy) is 2. The van der Waals surface area contributed by atoms with Crippen molar-refractivity contribution in [2.75, 3.05) is 13.7 Å². The molecule has 2 fully saturated rings. The van der Waals surface area contributed by atoms with E-state index in [1.807, 2.05) is 42.5 Å². The summed E-state index contributed by atoms with van der Waals surface area (Å²) in [6, 6.07) is 11.2. The fourth-order valence-electron chi connectivity index (χ4n) is 4.65. The van der Waals surface area contributed by atoms with Gasteiger partial charge in [0.1, 0.15) is 17.1 Å². The first-order valence-electron chi connectivity index (χ1n) is 9.69. The summed E-state index contributed by atoms with van der Waals surface area (Å²) in [4.78, 5) is 27.9. The Bertz CT molecular complexity index is 952. The highest BCUT2D eigenvalue weighted by atomic mass is 16.5. The predicted molar refractivity (Wildman–Crippen MR) is 103 cm³/mol. The summed E-state index contributed by atoms with van der Waals surface area (Å²) in [6.07, 6.45) is 5.10. The largest absolute Gasteiger partial charge is 0.497 e. The number of carbonyl (C=O) groups is 2. The Kier molecular flexibility index (Phi) is 4.20. The number of hydrogen-bond donors (Lipinski definition) is 1. The summed E-state index contributed by atoms with van der Waals surface area (Å²) in [7, 11) is 1.61. The summed E-state index contributed by atoms with van der Waals surface area (Å²) in [6.45, 7) is 1.21. The predicted octanol–water partition coefficient (Wildman–Crippen LogP) is 1.89. The van der Waals surface area contributed by atoms with Crippen molar-refractivity contribution in [2.45, 2.75) is 24.8 Å². The van der Waals surface area contributed by atoms with Gasteiger partial charge in [0.2, 0.25) is 11.8 Å². The smallest absolute Gasteiger partial charge is 0.230 e. The Morgan fingerprint density at radius 1 is 1.31 bits per heavy atom. The zero-order valence-electron chi connectivity index (χ0n) is 16.0. The molecule has 1 aromatic carbocycles. The van der Waals surface area contributed by atoms with E-state index in [0.717, 1.165) is 11.3 Å². The second kappa shape index (κ2) is 6.77. The molecule has 2 bridgehead atoms. The van der Waals surface area contributed by atoms with E-state index in [4.69, 9.17) is 13.9 Å². The van der Waals surface area contributed by atoms with Gasteiger partial charge in [0, 0.05) is 6.54 Å². The average Bonchev–Trinajstić information content (AvgIpc) is 3.50. The number of fused-ring (bicyclic) bond motifs is 1. The van der Waals surface area contributed by atoms with Gasteiger partial charge < -0.3 is 24.1 Å². The van der Waals surface area contributed by atoms with Crippen LogP contribution in [0.3, 0.4) is 0 Å². The number of furan rings is 1. The maximum atomic E-state index is 13.1. The Labute approximate surface area is 168 Å². The molecule has 0 unspecified atom stereocenters. The minimum atomic E-state index is -0.712. The molecule has 5 rings (SSSR count). The molecule has 2 saturated heterocycles. The van der Waals surface area contributed by atoms with Gasteiger partial charge in [0.25, 0.3) is 0 Å². The Morgan fingerprint density at radius 2 is 2.14 bits per heavy atom. The maximum Gasteiger partial charge on any atom is 0.230 e. The van der Waals surface area contributed by atoms with Gasteiger partial charge in [-0.05, 0) is 29.8 Å². The van der Waals surface area contributed by atoms with E-state index in [1.54, 1.807) is 24.3 Å². The van der Waals surface area contributed by atoms with E-state index in [9.17, 15) is 9.59 Å². The van der Waals surface area contributed by atoms with Gasteiger partial charge in [-0.15, -0.1) is 0 Å². The molecule has 4 heterocycles. The first-order chi connectivity index (χ1) is 14.1. The van der Waals surface area contributed by atoms with E-state index in [1.165, 1.54) is 0 Å². The topological polar surface area (TPSA) is 81.0 Å². The Morgan fingerprint density at radius 3 is 2.86 bits per heavy atom. The summed E-state index contributed by atoms with van der Waals surface area (Å²) in [5, 5.41) is 2.97. The summed E-state index contributed by atoms with van der Waals surface area (Å²) < 4.78 is 16.7. The van der Waals surface area contributed by atoms with Gasteiger partial charge in [-0.1, -0.05) is 24.3 Å². The molecule has 1 spiro atoms. The Hall–Kier alpha value is -3.06. The van der Waals surface area contributed by atoms with Crippen LogP contribution in [0.5, 0.6) is 5.75 Å². The number of nitrogens with zero attached hydrogens (tertiary/aromatic N) is 1. The standard InChI is InChI=1S/C22H22N2O5/c1-27-15-6-4-14(5-7-15)11-23-20(25)18-17-8-9-22(29-17)13-24(21(26)19(18)22)12-16-3-2-10-28-16/h2-10,17-19H,11-13H2,1H3,(H,23,25)/t17-,18+,19+,22-/m1/s1. The zero-order valence-corrected chi connectivity index (χ0v) is 16.0. The molecule has 3 aliphatic rings. The first-order valence-corrected chi connectivity index (χ1v) is 9.69. The number of amides is 2. The van der Waals surface area contributed by atoms with Crippen LogP contribution < -0.4 is 10.1 Å². The number of nitrogens with one attached hydrogen (secondary N) is 1. The molecule has 150 valence electrons. The maximum absolute atomic E-state index is 13.1. The third kappa shape index (κ3) is 2.93. The number of methoxy groups -OCH3 is 1. The fourth-order valence-corrected chi connectivity index (χ4v) is 4.65. The minimum absolute atomic E-state index is 0.0575. The lowest BCUT2D eigenvalue weighted by atomic mass is 9.77. The molecule has 7 nitrogen and oxygen atoms in total. The van der Waals surface area contributed by atoms with Crippen LogP contribution >= 0.6 is 0 Å². The molecule has 1 N–H and O–H groups in total. The van der Waals surface area contributed by atoms with E-state index in [2.05, 4.69) is 5.32 Å². The van der Waals surface area contributed by atoms with Crippen LogP contribution in [0.25, 0.3) is 0 Å². The third-order valence-corrected chi connectivity index (χ3v) is 6.03. The van der Waals surface area contributed by atoms with E-state index < -0.39 is 17.4 Å². The van der Waals surface area contributed by atoms with Crippen molar-refractivity contribution in [2.24, 2.45) is 11.8 Å². The van der Waals surface area contributed by atoms with Gasteiger partial charge in [-0.3, -0.25) is 9.59 Å². The monoisotopic (exact) mass is 394 g/mol. The second-order valence-corrected chi connectivity index (χ2v) is 7.74. The fraction of sp³-hybridized carbons (Fsp3) is 0.364. The summed E-state index contributed by atoms with van der Waals surface area (Å²) in [5.74, 6) is 0.249. The average molecular weight is 394 g/mol. The van der Waals surface area contributed by atoms with E-state index in [0.29, 0.717) is 25.4 Å². The van der Waals surface area contributed by atoms with Gasteiger partial charge in [-0.2, -0.15) is 0 Å². The normalized spacial score (nSPS) is 29.3. The highest BCUT2D eigenvalue weighted by Crippen LogP contribution is 2.52. The van der Waals surface area contributed by atoms with Crippen molar-refractivity contribution >= 4 is 11.8 Å². The van der Waals surface area contributed by atoms with Crippen LogP contribution in [-0.2, 0) is 27.4 Å². The van der Waals surface area contributed by atoms with Gasteiger partial charge >= 0.3 is 0 Å².